The highest BCUT2D eigenvalue weighted by Crippen LogP contribution is 2.12. The van der Waals surface area contributed by atoms with E-state index in [-0.39, 0.29) is 29.7 Å². The number of nitrogens with one attached hydrogen (secondary N) is 2. The minimum absolute atomic E-state index is 0.0492. The van der Waals surface area contributed by atoms with Crippen molar-refractivity contribution < 1.29 is 13.6 Å². The van der Waals surface area contributed by atoms with Gasteiger partial charge in [-0.1, -0.05) is 6.07 Å². The second kappa shape index (κ2) is 6.10. The van der Waals surface area contributed by atoms with Crippen LogP contribution >= 0.6 is 0 Å². The summed E-state index contributed by atoms with van der Waals surface area (Å²) in [4.78, 5) is 24.9. The smallest absolute Gasteiger partial charge is 0.252 e. The fourth-order valence-electron chi connectivity index (χ4n) is 1.73. The molecule has 4 nitrogen and oxygen atoms in total. The van der Waals surface area contributed by atoms with E-state index in [0.717, 1.165) is 0 Å². The molecule has 0 bridgehead atoms. The van der Waals surface area contributed by atoms with Gasteiger partial charge in [-0.05, 0) is 24.6 Å². The number of benzene rings is 1. The van der Waals surface area contributed by atoms with Crippen molar-refractivity contribution in [2.45, 2.75) is 6.42 Å². The number of amides is 1. The molecular weight excluding hydrogens is 266 g/mol. The molecule has 104 valence electrons. The lowest BCUT2D eigenvalue weighted by atomic mass is 10.1. The third-order valence-corrected chi connectivity index (χ3v) is 2.77. The van der Waals surface area contributed by atoms with Crippen molar-refractivity contribution in [2.24, 2.45) is 0 Å². The van der Waals surface area contributed by atoms with Gasteiger partial charge >= 0.3 is 0 Å². The van der Waals surface area contributed by atoms with E-state index < -0.39 is 17.5 Å². The standard InChI is InChI=1S/C14H12F2N2O2/c15-11-2-1-3-12(16)10(11)6-7-17-14(20)9-4-5-13(19)18-8-9/h1-5,8H,6-7H2,(H,17,20)(H,18,19). The zero-order valence-electron chi connectivity index (χ0n) is 10.5. The maximum atomic E-state index is 13.3. The first kappa shape index (κ1) is 13.9. The SMILES string of the molecule is O=C(NCCc1c(F)cccc1F)c1ccc(=O)[nH]c1. The lowest BCUT2D eigenvalue weighted by Gasteiger charge is -2.07. The van der Waals surface area contributed by atoms with Crippen LogP contribution in [0.1, 0.15) is 15.9 Å². The zero-order valence-corrected chi connectivity index (χ0v) is 10.5. The van der Waals surface area contributed by atoms with Gasteiger partial charge in [0.1, 0.15) is 11.6 Å². The maximum absolute atomic E-state index is 13.3. The first-order valence-electron chi connectivity index (χ1n) is 5.98. The Balaban J connectivity index is 1.94. The average Bonchev–Trinajstić information content (AvgIpc) is 2.42. The highest BCUT2D eigenvalue weighted by molar-refractivity contribution is 5.93. The fourth-order valence-corrected chi connectivity index (χ4v) is 1.73. The van der Waals surface area contributed by atoms with Gasteiger partial charge in [0.2, 0.25) is 5.56 Å². The Morgan fingerprint density at radius 2 is 1.85 bits per heavy atom. The van der Waals surface area contributed by atoms with Gasteiger partial charge in [0, 0.05) is 24.4 Å². The van der Waals surface area contributed by atoms with Crippen LogP contribution in [0, 0.1) is 11.6 Å². The van der Waals surface area contributed by atoms with Crippen LogP contribution < -0.4 is 10.9 Å². The molecule has 0 aliphatic carbocycles. The molecule has 2 rings (SSSR count). The average molecular weight is 278 g/mol. The Kier molecular flexibility index (Phi) is 4.24. The van der Waals surface area contributed by atoms with Gasteiger partial charge in [-0.2, -0.15) is 0 Å². The Labute approximate surface area is 113 Å². The number of aromatic amines is 1. The van der Waals surface area contributed by atoms with E-state index in [4.69, 9.17) is 0 Å². The number of carbonyl (C=O) groups excluding carboxylic acids is 1. The largest absolute Gasteiger partial charge is 0.352 e. The number of aromatic nitrogens is 1. The predicted molar refractivity (Wildman–Crippen MR) is 69.5 cm³/mol. The van der Waals surface area contributed by atoms with Gasteiger partial charge in [-0.25, -0.2) is 8.78 Å². The zero-order chi connectivity index (χ0) is 14.5. The summed E-state index contributed by atoms with van der Waals surface area (Å²) >= 11 is 0. The van der Waals surface area contributed by atoms with Crippen LogP contribution in [0.5, 0.6) is 0 Å². The van der Waals surface area contributed by atoms with E-state index in [9.17, 15) is 18.4 Å². The molecule has 2 aromatic rings. The molecule has 0 spiro atoms. The molecule has 0 aliphatic rings. The molecule has 0 radical (unpaired) electrons. The molecule has 1 amide bonds. The summed E-state index contributed by atoms with van der Waals surface area (Å²) in [5, 5.41) is 2.53. The molecule has 20 heavy (non-hydrogen) atoms. The number of rotatable bonds is 4. The molecule has 2 N–H and O–H groups in total. The quantitative estimate of drug-likeness (QED) is 0.892. The number of hydrogen-bond donors (Lipinski definition) is 2. The van der Waals surface area contributed by atoms with Crippen LogP contribution in [0.4, 0.5) is 8.78 Å². The van der Waals surface area contributed by atoms with Gasteiger partial charge in [0.05, 0.1) is 5.56 Å². The lowest BCUT2D eigenvalue weighted by molar-refractivity contribution is 0.0953. The summed E-state index contributed by atoms with van der Waals surface area (Å²) < 4.78 is 26.7. The first-order chi connectivity index (χ1) is 9.58. The second-order valence-corrected chi connectivity index (χ2v) is 4.15. The molecule has 6 heteroatoms. The summed E-state index contributed by atoms with van der Waals surface area (Å²) in [7, 11) is 0. The van der Waals surface area contributed by atoms with E-state index in [0.29, 0.717) is 0 Å². The van der Waals surface area contributed by atoms with E-state index in [1.54, 1.807) is 0 Å². The third kappa shape index (κ3) is 3.28. The summed E-state index contributed by atoms with van der Waals surface area (Å²) in [6.07, 6.45) is 1.33. The van der Waals surface area contributed by atoms with Gasteiger partial charge in [0.15, 0.2) is 0 Å². The van der Waals surface area contributed by atoms with Crippen molar-refractivity contribution in [3.8, 4) is 0 Å². The summed E-state index contributed by atoms with van der Waals surface area (Å²) in [5.41, 5.74) is -0.0946. The van der Waals surface area contributed by atoms with E-state index in [1.807, 2.05) is 0 Å². The molecule has 1 aromatic heterocycles. The first-order valence-corrected chi connectivity index (χ1v) is 5.98. The molecule has 0 fully saturated rings. The van der Waals surface area contributed by atoms with Crippen LogP contribution in [-0.4, -0.2) is 17.4 Å². The Morgan fingerprint density at radius 1 is 1.15 bits per heavy atom. The van der Waals surface area contributed by atoms with E-state index >= 15 is 0 Å². The molecule has 1 aromatic carbocycles. The summed E-state index contributed by atoms with van der Waals surface area (Å²) in [5.74, 6) is -1.69. The number of hydrogen-bond acceptors (Lipinski definition) is 2. The lowest BCUT2D eigenvalue weighted by Crippen LogP contribution is -2.26. The van der Waals surface area contributed by atoms with Crippen LogP contribution in [-0.2, 0) is 6.42 Å². The molecule has 0 atom stereocenters. The van der Waals surface area contributed by atoms with Gasteiger partial charge in [-0.15, -0.1) is 0 Å². The van der Waals surface area contributed by atoms with E-state index in [1.165, 1.54) is 36.5 Å². The van der Waals surface area contributed by atoms with Crippen molar-refractivity contribution in [2.75, 3.05) is 6.54 Å². The van der Waals surface area contributed by atoms with Crippen molar-refractivity contribution in [3.63, 3.8) is 0 Å². The molecule has 0 saturated heterocycles. The van der Waals surface area contributed by atoms with Gasteiger partial charge < -0.3 is 10.3 Å². The number of pyridine rings is 1. The molecule has 1 heterocycles. The minimum atomic E-state index is -0.636. The summed E-state index contributed by atoms with van der Waals surface area (Å²) in [6.45, 7) is 0.0931. The monoisotopic (exact) mass is 278 g/mol. The molecule has 0 aliphatic heterocycles. The Hall–Kier alpha value is -2.50. The molecule has 0 unspecified atom stereocenters. The van der Waals surface area contributed by atoms with Crippen molar-refractivity contribution in [1.82, 2.24) is 10.3 Å². The van der Waals surface area contributed by atoms with E-state index in [2.05, 4.69) is 10.3 Å². The van der Waals surface area contributed by atoms with Crippen molar-refractivity contribution in [3.05, 3.63) is 69.6 Å². The molecular formula is C14H12F2N2O2. The maximum Gasteiger partial charge on any atom is 0.252 e. The van der Waals surface area contributed by atoms with Crippen molar-refractivity contribution in [1.29, 1.82) is 0 Å². The predicted octanol–water partition coefficient (Wildman–Crippen LogP) is 1.63. The fraction of sp³-hybridized carbons (Fsp3) is 0.143. The van der Waals surface area contributed by atoms with Crippen LogP contribution in [0.15, 0.2) is 41.3 Å². The van der Waals surface area contributed by atoms with Gasteiger partial charge in [-0.3, -0.25) is 9.59 Å². The number of H-pyrrole nitrogens is 1. The van der Waals surface area contributed by atoms with Crippen LogP contribution in [0.25, 0.3) is 0 Å². The molecule has 0 saturated carbocycles. The number of carbonyl (C=O) groups is 1. The summed E-state index contributed by atoms with van der Waals surface area (Å²) in [6, 6.07) is 6.22. The number of halogens is 2. The third-order valence-electron chi connectivity index (χ3n) is 2.77. The Bertz CT molecular complexity index is 642. The van der Waals surface area contributed by atoms with Crippen LogP contribution in [0.3, 0.4) is 0 Å². The Morgan fingerprint density at radius 3 is 2.45 bits per heavy atom. The van der Waals surface area contributed by atoms with Crippen LogP contribution in [0.2, 0.25) is 0 Å². The highest BCUT2D eigenvalue weighted by Gasteiger charge is 2.09. The highest BCUT2D eigenvalue weighted by atomic mass is 19.1. The van der Waals surface area contributed by atoms with Gasteiger partial charge in [0.25, 0.3) is 5.91 Å². The topological polar surface area (TPSA) is 62.0 Å². The minimum Gasteiger partial charge on any atom is -0.352 e. The second-order valence-electron chi connectivity index (χ2n) is 4.15. The normalized spacial score (nSPS) is 10.3. The van der Waals surface area contributed by atoms with Crippen molar-refractivity contribution >= 4 is 5.91 Å².